The van der Waals surface area contributed by atoms with E-state index >= 15 is 0 Å². The van der Waals surface area contributed by atoms with Crippen LogP contribution in [0.1, 0.15) is 12.7 Å². The number of rotatable bonds is 7. The molecule has 1 heterocycles. The summed E-state index contributed by atoms with van der Waals surface area (Å²) in [6.45, 7) is 0.152. The second-order valence-corrected chi connectivity index (χ2v) is 4.22. The van der Waals surface area contributed by atoms with E-state index in [4.69, 9.17) is 15.0 Å². The molecule has 0 aliphatic heterocycles. The number of nitrogens with zero attached hydrogens (tertiary/aromatic N) is 1. The van der Waals surface area contributed by atoms with Crippen LogP contribution in [0.25, 0.3) is 11.1 Å². The van der Waals surface area contributed by atoms with Crippen LogP contribution in [0.5, 0.6) is 5.75 Å². The number of hydrogen-bond donors (Lipinski definition) is 1. The van der Waals surface area contributed by atoms with Crippen LogP contribution in [0.15, 0.2) is 28.8 Å². The minimum absolute atomic E-state index is 0.0830. The molecule has 21 heavy (non-hydrogen) atoms. The monoisotopic (exact) mass is 298 g/mol. The van der Waals surface area contributed by atoms with Gasteiger partial charge in [-0.3, -0.25) is 0 Å². The van der Waals surface area contributed by atoms with Crippen LogP contribution >= 0.6 is 0 Å². The Labute approximate surface area is 120 Å². The third kappa shape index (κ3) is 3.91. The molecule has 0 aliphatic carbocycles. The molecule has 0 saturated carbocycles. The summed E-state index contributed by atoms with van der Waals surface area (Å²) in [5, 5.41) is 3.74. The molecule has 2 N–H and O–H groups in total. The lowest BCUT2D eigenvalue weighted by Gasteiger charge is -2.06. The number of ether oxygens (including phenoxy) is 2. The molecule has 0 bridgehead atoms. The van der Waals surface area contributed by atoms with E-state index in [1.165, 1.54) is 12.1 Å². The predicted molar refractivity (Wildman–Crippen MR) is 73.2 cm³/mol. The molecule has 0 fully saturated rings. The lowest BCUT2D eigenvalue weighted by atomic mass is 10.0. The summed E-state index contributed by atoms with van der Waals surface area (Å²) >= 11 is 0. The summed E-state index contributed by atoms with van der Waals surface area (Å²) < 4.78 is 39.0. The molecule has 2 aromatic rings. The zero-order chi connectivity index (χ0) is 15.2. The van der Waals surface area contributed by atoms with Gasteiger partial charge in [0.1, 0.15) is 11.5 Å². The average Bonchev–Trinajstić information content (AvgIpc) is 2.81. The Bertz CT molecular complexity index is 570. The number of nitrogen functional groups attached to an aromatic ring is 1. The lowest BCUT2D eigenvalue weighted by Crippen LogP contribution is -2.01. The van der Waals surface area contributed by atoms with Crippen molar-refractivity contribution in [2.75, 3.05) is 18.9 Å². The third-order valence-electron chi connectivity index (χ3n) is 2.83. The molecule has 1 aromatic heterocycles. The van der Waals surface area contributed by atoms with Crippen molar-refractivity contribution in [3.8, 4) is 16.9 Å². The third-order valence-corrected chi connectivity index (χ3v) is 2.83. The summed E-state index contributed by atoms with van der Waals surface area (Å²) in [5.41, 5.74) is 7.17. The van der Waals surface area contributed by atoms with Gasteiger partial charge in [-0.15, -0.1) is 0 Å². The highest BCUT2D eigenvalue weighted by Gasteiger charge is 2.16. The highest BCUT2D eigenvalue weighted by atomic mass is 19.3. The van der Waals surface area contributed by atoms with Gasteiger partial charge in [0.05, 0.1) is 12.2 Å². The van der Waals surface area contributed by atoms with Crippen molar-refractivity contribution in [1.82, 2.24) is 5.16 Å². The van der Waals surface area contributed by atoms with Crippen LogP contribution < -0.4 is 10.5 Å². The van der Waals surface area contributed by atoms with Crippen molar-refractivity contribution in [2.45, 2.75) is 20.0 Å². The fraction of sp³-hybridized carbons (Fsp3) is 0.357. The van der Waals surface area contributed by atoms with E-state index in [1.807, 2.05) is 6.92 Å². The molecule has 5 nitrogen and oxygen atoms in total. The van der Waals surface area contributed by atoms with Gasteiger partial charge in [-0.1, -0.05) is 17.3 Å². The van der Waals surface area contributed by atoms with Gasteiger partial charge in [0.15, 0.2) is 5.82 Å². The zero-order valence-corrected chi connectivity index (χ0v) is 11.5. The Morgan fingerprint density at radius 2 is 2.00 bits per heavy atom. The molecule has 0 aliphatic rings. The van der Waals surface area contributed by atoms with Crippen LogP contribution in [0.3, 0.4) is 0 Å². The molecule has 1 aromatic carbocycles. The van der Waals surface area contributed by atoms with Gasteiger partial charge in [0.25, 0.3) is 0 Å². The Morgan fingerprint density at radius 3 is 2.62 bits per heavy atom. The molecule has 0 saturated heterocycles. The molecule has 0 spiro atoms. The normalized spacial score (nSPS) is 11.0. The van der Waals surface area contributed by atoms with Gasteiger partial charge in [0, 0.05) is 13.0 Å². The second-order valence-electron chi connectivity index (χ2n) is 4.22. The number of aromatic nitrogens is 1. The Kier molecular flexibility index (Phi) is 5.10. The van der Waals surface area contributed by atoms with Gasteiger partial charge in [-0.25, -0.2) is 0 Å². The van der Waals surface area contributed by atoms with E-state index in [9.17, 15) is 8.78 Å². The Hall–Kier alpha value is -2.15. The summed E-state index contributed by atoms with van der Waals surface area (Å²) in [5.74, 6) is 0.937. The fourth-order valence-corrected chi connectivity index (χ4v) is 1.93. The summed E-state index contributed by atoms with van der Waals surface area (Å²) in [6, 6.07) is 6.15. The number of alkyl halides is 2. The first-order valence-corrected chi connectivity index (χ1v) is 6.48. The zero-order valence-electron chi connectivity index (χ0n) is 11.5. The van der Waals surface area contributed by atoms with Gasteiger partial charge >= 0.3 is 6.61 Å². The highest BCUT2D eigenvalue weighted by Crippen LogP contribution is 2.31. The first kappa shape index (κ1) is 15.2. The van der Waals surface area contributed by atoms with Gasteiger partial charge in [0.2, 0.25) is 0 Å². The smallest absolute Gasteiger partial charge is 0.387 e. The maximum Gasteiger partial charge on any atom is 0.387 e. The summed E-state index contributed by atoms with van der Waals surface area (Å²) in [4.78, 5) is 0. The van der Waals surface area contributed by atoms with E-state index in [0.717, 1.165) is 5.56 Å². The standard InChI is InChI=1S/C14H16F2N2O3/c1-2-19-8-7-11-12(13(17)18-21-11)9-3-5-10(6-4-9)20-14(15)16/h3-6,14H,2,7-8H2,1H3,(H2,17,18). The SMILES string of the molecule is CCOCCc1onc(N)c1-c1ccc(OC(F)F)cc1. The van der Waals surface area contributed by atoms with Crippen molar-refractivity contribution in [2.24, 2.45) is 0 Å². The number of halogens is 2. The first-order valence-electron chi connectivity index (χ1n) is 6.48. The minimum atomic E-state index is -2.85. The van der Waals surface area contributed by atoms with E-state index in [0.29, 0.717) is 31.0 Å². The van der Waals surface area contributed by atoms with Crippen LogP contribution in [0, 0.1) is 0 Å². The topological polar surface area (TPSA) is 70.5 Å². The molecule has 114 valence electrons. The lowest BCUT2D eigenvalue weighted by molar-refractivity contribution is -0.0498. The van der Waals surface area contributed by atoms with E-state index in [1.54, 1.807) is 12.1 Å². The van der Waals surface area contributed by atoms with Crippen LogP contribution in [-0.4, -0.2) is 25.0 Å². The van der Waals surface area contributed by atoms with Crippen LogP contribution in [0.4, 0.5) is 14.6 Å². The van der Waals surface area contributed by atoms with Crippen LogP contribution in [-0.2, 0) is 11.2 Å². The molecular formula is C14H16F2N2O3. The highest BCUT2D eigenvalue weighted by molar-refractivity contribution is 5.75. The maximum atomic E-state index is 12.1. The van der Waals surface area contributed by atoms with Crippen molar-refractivity contribution in [1.29, 1.82) is 0 Å². The van der Waals surface area contributed by atoms with Crippen molar-refractivity contribution in [3.05, 3.63) is 30.0 Å². The van der Waals surface area contributed by atoms with E-state index in [-0.39, 0.29) is 11.6 Å². The first-order chi connectivity index (χ1) is 10.1. The Balaban J connectivity index is 2.18. The van der Waals surface area contributed by atoms with E-state index < -0.39 is 6.61 Å². The quantitative estimate of drug-likeness (QED) is 0.795. The Morgan fingerprint density at radius 1 is 1.29 bits per heavy atom. The average molecular weight is 298 g/mol. The molecular weight excluding hydrogens is 282 g/mol. The molecule has 0 unspecified atom stereocenters. The summed E-state index contributed by atoms with van der Waals surface area (Å²) in [6.07, 6.45) is 0.530. The molecule has 0 amide bonds. The fourth-order valence-electron chi connectivity index (χ4n) is 1.93. The van der Waals surface area contributed by atoms with Gasteiger partial charge in [-0.2, -0.15) is 8.78 Å². The van der Waals surface area contributed by atoms with E-state index in [2.05, 4.69) is 9.89 Å². The molecule has 0 radical (unpaired) electrons. The number of benzene rings is 1. The number of anilines is 1. The van der Waals surface area contributed by atoms with Crippen LogP contribution in [0.2, 0.25) is 0 Å². The molecule has 0 atom stereocenters. The van der Waals surface area contributed by atoms with Gasteiger partial charge in [-0.05, 0) is 24.6 Å². The van der Waals surface area contributed by atoms with Gasteiger partial charge < -0.3 is 19.7 Å². The van der Waals surface area contributed by atoms with Crippen molar-refractivity contribution >= 4 is 5.82 Å². The maximum absolute atomic E-state index is 12.1. The minimum Gasteiger partial charge on any atom is -0.435 e. The molecule has 7 heteroatoms. The number of hydrogen-bond acceptors (Lipinski definition) is 5. The van der Waals surface area contributed by atoms with Crippen molar-refractivity contribution in [3.63, 3.8) is 0 Å². The van der Waals surface area contributed by atoms with Crippen molar-refractivity contribution < 1.29 is 22.8 Å². The predicted octanol–water partition coefficient (Wildman–Crippen LogP) is 3.10. The molecule has 2 rings (SSSR count). The number of nitrogens with two attached hydrogens (primary N) is 1. The summed E-state index contributed by atoms with van der Waals surface area (Å²) in [7, 11) is 0. The largest absolute Gasteiger partial charge is 0.435 e. The second kappa shape index (κ2) is 7.03.